The number of aliphatic hydroxyl groups excluding tert-OH is 1. The van der Waals surface area contributed by atoms with Crippen LogP contribution in [0.5, 0.6) is 5.75 Å². The minimum absolute atomic E-state index is 0.152. The maximum Gasteiger partial charge on any atom is 0.408 e. The van der Waals surface area contributed by atoms with E-state index in [9.17, 15) is 24.6 Å². The molecule has 9 heteroatoms. The standard InChI is InChI=1S/C23H37N3O6/c1-14(2)26(20(30)16(13-27)24-21(31)32-23(6,7)8)18(19(29)25-22(3,4)5)15-11-9-10-12-17(15)28/h9-12,14,16,18,27-28H,13H2,1-8H3,(H,24,31)(H,25,29). The number of hydrogen-bond acceptors (Lipinski definition) is 6. The minimum Gasteiger partial charge on any atom is -0.508 e. The lowest BCUT2D eigenvalue weighted by Crippen LogP contribution is -2.57. The molecule has 4 N–H and O–H groups in total. The van der Waals surface area contributed by atoms with Gasteiger partial charge < -0.3 is 30.5 Å². The van der Waals surface area contributed by atoms with E-state index in [0.29, 0.717) is 0 Å². The Labute approximate surface area is 190 Å². The highest BCUT2D eigenvalue weighted by molar-refractivity contribution is 5.93. The van der Waals surface area contributed by atoms with E-state index in [1.807, 2.05) is 0 Å². The van der Waals surface area contributed by atoms with Gasteiger partial charge in [0.1, 0.15) is 23.4 Å². The summed E-state index contributed by atoms with van der Waals surface area (Å²) in [5, 5.41) is 25.5. The molecule has 2 unspecified atom stereocenters. The molecule has 1 aromatic rings. The molecule has 1 aromatic carbocycles. The van der Waals surface area contributed by atoms with Crippen LogP contribution in [0.2, 0.25) is 0 Å². The Hall–Kier alpha value is -2.81. The van der Waals surface area contributed by atoms with E-state index in [2.05, 4.69) is 10.6 Å². The Kier molecular flexibility index (Phi) is 9.08. The highest BCUT2D eigenvalue weighted by Gasteiger charge is 2.39. The molecule has 0 aliphatic heterocycles. The second-order valence-electron chi connectivity index (χ2n) is 9.92. The molecule has 0 heterocycles. The molecule has 0 aliphatic carbocycles. The number of alkyl carbamates (subject to hydrolysis) is 1. The predicted octanol–water partition coefficient (Wildman–Crippen LogP) is 2.47. The van der Waals surface area contributed by atoms with Gasteiger partial charge in [-0.05, 0) is 61.5 Å². The van der Waals surface area contributed by atoms with Crippen LogP contribution in [0.4, 0.5) is 4.79 Å². The molecular weight excluding hydrogens is 414 g/mol. The molecule has 0 saturated heterocycles. The van der Waals surface area contributed by atoms with Crippen LogP contribution < -0.4 is 10.6 Å². The van der Waals surface area contributed by atoms with Crippen LogP contribution in [-0.2, 0) is 14.3 Å². The number of aromatic hydroxyl groups is 1. The topological polar surface area (TPSA) is 128 Å². The van der Waals surface area contributed by atoms with Crippen molar-refractivity contribution >= 4 is 17.9 Å². The zero-order valence-corrected chi connectivity index (χ0v) is 20.2. The lowest BCUT2D eigenvalue weighted by molar-refractivity contribution is -0.146. The summed E-state index contributed by atoms with van der Waals surface area (Å²) in [4.78, 5) is 40.2. The lowest BCUT2D eigenvalue weighted by Gasteiger charge is -2.38. The first-order valence-corrected chi connectivity index (χ1v) is 10.6. The Balaban J connectivity index is 3.41. The average molecular weight is 452 g/mol. The summed E-state index contributed by atoms with van der Waals surface area (Å²) in [6.45, 7) is 13.1. The monoisotopic (exact) mass is 451 g/mol. The highest BCUT2D eigenvalue weighted by atomic mass is 16.6. The van der Waals surface area contributed by atoms with Gasteiger partial charge in [-0.2, -0.15) is 0 Å². The number of nitrogens with one attached hydrogen (secondary N) is 2. The fourth-order valence-corrected chi connectivity index (χ4v) is 3.07. The van der Waals surface area contributed by atoms with Crippen molar-refractivity contribution in [2.75, 3.05) is 6.61 Å². The zero-order chi connectivity index (χ0) is 24.9. The molecule has 3 amide bonds. The molecular formula is C23H37N3O6. The quantitative estimate of drug-likeness (QED) is 0.504. The maximum atomic E-state index is 13.4. The van der Waals surface area contributed by atoms with Gasteiger partial charge in [0.25, 0.3) is 0 Å². The number of para-hydroxylation sites is 1. The SMILES string of the molecule is CC(C)N(C(=O)C(CO)NC(=O)OC(C)(C)C)C(C(=O)NC(C)(C)C)c1ccccc1O. The number of nitrogens with zero attached hydrogens (tertiary/aromatic N) is 1. The Bertz CT molecular complexity index is 811. The molecule has 1 rings (SSSR count). The van der Waals surface area contributed by atoms with Crippen LogP contribution in [0, 0.1) is 0 Å². The van der Waals surface area contributed by atoms with Gasteiger partial charge >= 0.3 is 6.09 Å². The summed E-state index contributed by atoms with van der Waals surface area (Å²) < 4.78 is 5.19. The number of hydrogen-bond donors (Lipinski definition) is 4. The number of benzene rings is 1. The van der Waals surface area contributed by atoms with Gasteiger partial charge in [-0.3, -0.25) is 9.59 Å². The summed E-state index contributed by atoms with van der Waals surface area (Å²) in [7, 11) is 0. The number of phenolic OH excluding ortho intramolecular Hbond substituents is 1. The van der Waals surface area contributed by atoms with Crippen LogP contribution in [0.3, 0.4) is 0 Å². The van der Waals surface area contributed by atoms with Gasteiger partial charge in [0.05, 0.1) is 6.61 Å². The van der Waals surface area contributed by atoms with Crippen LogP contribution in [0.1, 0.15) is 67.0 Å². The third-order valence-electron chi connectivity index (χ3n) is 4.24. The molecule has 9 nitrogen and oxygen atoms in total. The molecule has 32 heavy (non-hydrogen) atoms. The van der Waals surface area contributed by atoms with E-state index < -0.39 is 53.8 Å². The van der Waals surface area contributed by atoms with Crippen molar-refractivity contribution in [1.82, 2.24) is 15.5 Å². The van der Waals surface area contributed by atoms with E-state index in [4.69, 9.17) is 4.74 Å². The molecule has 0 spiro atoms. The largest absolute Gasteiger partial charge is 0.508 e. The molecule has 0 aliphatic rings. The highest BCUT2D eigenvalue weighted by Crippen LogP contribution is 2.31. The number of carbonyl (C=O) groups is 3. The van der Waals surface area contributed by atoms with E-state index in [-0.39, 0.29) is 11.3 Å². The molecule has 0 bridgehead atoms. The number of carbonyl (C=O) groups excluding carboxylic acids is 3. The summed E-state index contributed by atoms with van der Waals surface area (Å²) in [5.74, 6) is -1.35. The first-order chi connectivity index (χ1) is 14.6. The Morgan fingerprint density at radius 2 is 1.62 bits per heavy atom. The zero-order valence-electron chi connectivity index (χ0n) is 20.2. The maximum absolute atomic E-state index is 13.4. The summed E-state index contributed by atoms with van der Waals surface area (Å²) >= 11 is 0. The van der Waals surface area contributed by atoms with Gasteiger partial charge in [0.2, 0.25) is 11.8 Å². The number of ether oxygens (including phenoxy) is 1. The normalized spacial score (nSPS) is 13.8. The van der Waals surface area contributed by atoms with Crippen molar-refractivity contribution < 1.29 is 29.3 Å². The Morgan fingerprint density at radius 3 is 2.06 bits per heavy atom. The third kappa shape index (κ3) is 8.03. The summed E-state index contributed by atoms with van der Waals surface area (Å²) in [6.07, 6.45) is -0.869. The van der Waals surface area contributed by atoms with E-state index in [0.717, 1.165) is 0 Å². The third-order valence-corrected chi connectivity index (χ3v) is 4.24. The van der Waals surface area contributed by atoms with Gasteiger partial charge in [-0.1, -0.05) is 18.2 Å². The van der Waals surface area contributed by atoms with Gasteiger partial charge in [0.15, 0.2) is 0 Å². The molecule has 0 saturated carbocycles. The second kappa shape index (κ2) is 10.7. The fraction of sp³-hybridized carbons (Fsp3) is 0.609. The predicted molar refractivity (Wildman–Crippen MR) is 121 cm³/mol. The van der Waals surface area contributed by atoms with Crippen LogP contribution in [0.25, 0.3) is 0 Å². The van der Waals surface area contributed by atoms with E-state index in [1.165, 1.54) is 11.0 Å². The second-order valence-corrected chi connectivity index (χ2v) is 9.92. The van der Waals surface area contributed by atoms with Gasteiger partial charge in [-0.25, -0.2) is 4.79 Å². The van der Waals surface area contributed by atoms with Crippen molar-refractivity contribution in [3.05, 3.63) is 29.8 Å². The first kappa shape index (κ1) is 27.2. The Morgan fingerprint density at radius 1 is 1.06 bits per heavy atom. The molecule has 0 radical (unpaired) electrons. The molecule has 0 fully saturated rings. The van der Waals surface area contributed by atoms with Crippen LogP contribution in [-0.4, -0.2) is 62.9 Å². The minimum atomic E-state index is -1.34. The summed E-state index contributed by atoms with van der Waals surface area (Å²) in [6, 6.07) is 3.20. The number of aliphatic hydroxyl groups is 1. The van der Waals surface area contributed by atoms with Crippen molar-refractivity contribution in [2.24, 2.45) is 0 Å². The van der Waals surface area contributed by atoms with Crippen molar-refractivity contribution in [3.8, 4) is 5.75 Å². The lowest BCUT2D eigenvalue weighted by atomic mass is 9.98. The smallest absolute Gasteiger partial charge is 0.408 e. The van der Waals surface area contributed by atoms with Crippen LogP contribution in [0.15, 0.2) is 24.3 Å². The molecule has 180 valence electrons. The van der Waals surface area contributed by atoms with Gasteiger partial charge in [-0.15, -0.1) is 0 Å². The number of amides is 3. The number of phenols is 1. The van der Waals surface area contributed by atoms with Crippen LogP contribution >= 0.6 is 0 Å². The van der Waals surface area contributed by atoms with Crippen molar-refractivity contribution in [2.45, 2.75) is 84.7 Å². The number of rotatable bonds is 7. The van der Waals surface area contributed by atoms with E-state index >= 15 is 0 Å². The molecule has 0 aromatic heterocycles. The molecule has 2 atom stereocenters. The first-order valence-electron chi connectivity index (χ1n) is 10.6. The average Bonchev–Trinajstić information content (AvgIpc) is 2.61. The van der Waals surface area contributed by atoms with Crippen molar-refractivity contribution in [1.29, 1.82) is 0 Å². The fourth-order valence-electron chi connectivity index (χ4n) is 3.07. The van der Waals surface area contributed by atoms with E-state index in [1.54, 1.807) is 73.6 Å². The summed E-state index contributed by atoms with van der Waals surface area (Å²) in [5.41, 5.74) is -1.17. The van der Waals surface area contributed by atoms with Gasteiger partial charge in [0, 0.05) is 17.1 Å². The van der Waals surface area contributed by atoms with Crippen molar-refractivity contribution in [3.63, 3.8) is 0 Å².